The minimum absolute atomic E-state index is 0.0925. The van der Waals surface area contributed by atoms with Gasteiger partial charge in [-0.15, -0.1) is 0 Å². The molecule has 2 N–H and O–H groups in total. The first-order valence-electron chi connectivity index (χ1n) is 8.81. The number of hydrogen-bond acceptors (Lipinski definition) is 3. The maximum atomic E-state index is 13.1. The molecule has 1 aliphatic heterocycles. The van der Waals surface area contributed by atoms with Crippen LogP contribution in [0.3, 0.4) is 0 Å². The molecule has 3 rings (SSSR count). The van der Waals surface area contributed by atoms with Gasteiger partial charge in [-0.3, -0.25) is 9.59 Å². The third kappa shape index (κ3) is 3.12. The van der Waals surface area contributed by atoms with Crippen LogP contribution in [0.1, 0.15) is 16.1 Å². The van der Waals surface area contributed by atoms with E-state index in [-0.39, 0.29) is 30.3 Å². The van der Waals surface area contributed by atoms with Gasteiger partial charge in [0.25, 0.3) is 5.91 Å². The Morgan fingerprint density at radius 1 is 1.23 bits per heavy atom. The van der Waals surface area contributed by atoms with Crippen LogP contribution in [0.4, 0.5) is 0 Å². The third-order valence-electron chi connectivity index (χ3n) is 5.38. The Hall–Kier alpha value is -2.60. The van der Waals surface area contributed by atoms with Crippen LogP contribution in [0.25, 0.3) is 11.3 Å². The highest BCUT2D eigenvalue weighted by Gasteiger charge is 2.39. The molecule has 1 saturated heterocycles. The number of aliphatic hydroxyl groups excluding tert-OH is 1. The van der Waals surface area contributed by atoms with E-state index in [2.05, 4.69) is 5.32 Å². The molecule has 1 aromatic heterocycles. The van der Waals surface area contributed by atoms with Crippen molar-refractivity contribution in [3.63, 3.8) is 0 Å². The number of nitrogens with one attached hydrogen (secondary N) is 1. The van der Waals surface area contributed by atoms with E-state index >= 15 is 0 Å². The molecule has 1 fully saturated rings. The van der Waals surface area contributed by atoms with E-state index in [4.69, 9.17) is 0 Å². The Morgan fingerprint density at radius 2 is 1.92 bits per heavy atom. The van der Waals surface area contributed by atoms with Crippen LogP contribution in [0.15, 0.2) is 36.4 Å². The lowest BCUT2D eigenvalue weighted by Crippen LogP contribution is -2.34. The molecule has 6 nitrogen and oxygen atoms in total. The fourth-order valence-corrected chi connectivity index (χ4v) is 3.68. The van der Waals surface area contributed by atoms with Gasteiger partial charge >= 0.3 is 0 Å². The van der Waals surface area contributed by atoms with E-state index in [9.17, 15) is 14.7 Å². The van der Waals surface area contributed by atoms with E-state index in [0.717, 1.165) is 17.0 Å². The molecule has 6 heteroatoms. The van der Waals surface area contributed by atoms with Gasteiger partial charge in [-0.2, -0.15) is 0 Å². The summed E-state index contributed by atoms with van der Waals surface area (Å²) in [5.74, 6) is -0.817. The van der Waals surface area contributed by atoms with Crippen LogP contribution < -0.4 is 5.32 Å². The third-order valence-corrected chi connectivity index (χ3v) is 5.38. The van der Waals surface area contributed by atoms with Gasteiger partial charge in [0.1, 0.15) is 0 Å². The zero-order chi connectivity index (χ0) is 18.8. The Labute approximate surface area is 153 Å². The Morgan fingerprint density at radius 3 is 2.54 bits per heavy atom. The number of likely N-dealkylation sites (tertiary alicyclic amines) is 1. The van der Waals surface area contributed by atoms with E-state index in [0.29, 0.717) is 18.7 Å². The minimum atomic E-state index is -0.369. The minimum Gasteiger partial charge on any atom is -0.396 e. The van der Waals surface area contributed by atoms with E-state index in [1.165, 1.54) is 0 Å². The molecular weight excluding hydrogens is 330 g/mol. The molecule has 1 aromatic carbocycles. The monoisotopic (exact) mass is 355 g/mol. The van der Waals surface area contributed by atoms with Crippen molar-refractivity contribution in [2.75, 3.05) is 26.7 Å². The highest BCUT2D eigenvalue weighted by Crippen LogP contribution is 2.29. The first-order chi connectivity index (χ1) is 12.5. The van der Waals surface area contributed by atoms with Gasteiger partial charge in [0, 0.05) is 51.1 Å². The molecule has 2 aromatic rings. The molecule has 0 radical (unpaired) electrons. The Bertz CT molecular complexity index is 813. The van der Waals surface area contributed by atoms with Crippen LogP contribution in [0.2, 0.25) is 0 Å². The molecule has 0 bridgehead atoms. The number of hydrogen-bond donors (Lipinski definition) is 2. The molecule has 2 atom stereocenters. The molecular formula is C20H25N3O3. The Balaban J connectivity index is 1.88. The number of aromatic nitrogens is 1. The van der Waals surface area contributed by atoms with E-state index < -0.39 is 0 Å². The lowest BCUT2D eigenvalue weighted by Gasteiger charge is -2.16. The largest absolute Gasteiger partial charge is 0.396 e. The van der Waals surface area contributed by atoms with Crippen LogP contribution in [0.5, 0.6) is 0 Å². The fourth-order valence-electron chi connectivity index (χ4n) is 3.68. The summed E-state index contributed by atoms with van der Waals surface area (Å²) >= 11 is 0. The quantitative estimate of drug-likeness (QED) is 0.871. The maximum absolute atomic E-state index is 13.1. The van der Waals surface area contributed by atoms with Crippen molar-refractivity contribution in [3.05, 3.63) is 47.7 Å². The summed E-state index contributed by atoms with van der Waals surface area (Å²) in [5, 5.41) is 12.2. The summed E-state index contributed by atoms with van der Waals surface area (Å²) in [4.78, 5) is 26.8. The second-order valence-electron chi connectivity index (χ2n) is 6.83. The summed E-state index contributed by atoms with van der Waals surface area (Å²) in [6, 6.07) is 11.8. The first-order valence-corrected chi connectivity index (χ1v) is 8.81. The average molecular weight is 355 g/mol. The molecule has 0 aliphatic carbocycles. The summed E-state index contributed by atoms with van der Waals surface area (Å²) in [7, 11) is 3.52. The maximum Gasteiger partial charge on any atom is 0.255 e. The normalized spacial score (nSPS) is 19.6. The molecule has 138 valence electrons. The molecule has 2 unspecified atom stereocenters. The smallest absolute Gasteiger partial charge is 0.255 e. The SMILES string of the molecule is CNC(=O)C1CN(C(=O)c2cc(-c3ccccc3)n(C)c2C)CC1CO. The van der Waals surface area contributed by atoms with Crippen LogP contribution >= 0.6 is 0 Å². The zero-order valence-electron chi connectivity index (χ0n) is 15.4. The number of benzene rings is 1. The van der Waals surface area contributed by atoms with Crippen molar-refractivity contribution in [2.45, 2.75) is 6.92 Å². The summed E-state index contributed by atoms with van der Waals surface area (Å²) in [5.41, 5.74) is 3.56. The number of amides is 2. The van der Waals surface area contributed by atoms with Crippen molar-refractivity contribution in [2.24, 2.45) is 18.9 Å². The summed E-state index contributed by atoms with van der Waals surface area (Å²) in [6.07, 6.45) is 0. The van der Waals surface area contributed by atoms with Gasteiger partial charge in [0.05, 0.1) is 11.5 Å². The average Bonchev–Trinajstić information content (AvgIpc) is 3.23. The number of carbonyl (C=O) groups excluding carboxylic acids is 2. The van der Waals surface area contributed by atoms with Crippen molar-refractivity contribution in [1.82, 2.24) is 14.8 Å². The van der Waals surface area contributed by atoms with Crippen LogP contribution in [-0.2, 0) is 11.8 Å². The van der Waals surface area contributed by atoms with E-state index in [1.54, 1.807) is 11.9 Å². The second kappa shape index (κ2) is 7.33. The molecule has 0 spiro atoms. The van der Waals surface area contributed by atoms with Crippen LogP contribution in [0, 0.1) is 18.8 Å². The molecule has 1 aliphatic rings. The zero-order valence-corrected chi connectivity index (χ0v) is 15.4. The molecule has 26 heavy (non-hydrogen) atoms. The highest BCUT2D eigenvalue weighted by atomic mass is 16.3. The van der Waals surface area contributed by atoms with Gasteiger partial charge in [-0.1, -0.05) is 30.3 Å². The second-order valence-corrected chi connectivity index (χ2v) is 6.83. The van der Waals surface area contributed by atoms with E-state index in [1.807, 2.05) is 54.9 Å². The predicted octanol–water partition coefficient (Wildman–Crippen LogP) is 1.43. The summed E-state index contributed by atoms with van der Waals surface area (Å²) < 4.78 is 2.01. The molecule has 2 heterocycles. The summed E-state index contributed by atoms with van der Waals surface area (Å²) in [6.45, 7) is 2.54. The number of aliphatic hydroxyl groups is 1. The number of carbonyl (C=O) groups is 2. The first kappa shape index (κ1) is 18.2. The topological polar surface area (TPSA) is 74.6 Å². The molecule has 2 amide bonds. The van der Waals surface area contributed by atoms with Gasteiger partial charge in [-0.25, -0.2) is 0 Å². The van der Waals surface area contributed by atoms with Crippen LogP contribution in [-0.4, -0.2) is 53.1 Å². The van der Waals surface area contributed by atoms with Gasteiger partial charge in [0.2, 0.25) is 5.91 Å². The predicted molar refractivity (Wildman–Crippen MR) is 99.6 cm³/mol. The number of rotatable bonds is 4. The standard InChI is InChI=1S/C20H25N3O3/c1-13-16(9-18(22(13)3)14-7-5-4-6-8-14)20(26)23-10-15(12-24)17(11-23)19(25)21-2/h4-9,15,17,24H,10-12H2,1-3H3,(H,21,25). The van der Waals surface area contributed by atoms with Crippen molar-refractivity contribution in [3.8, 4) is 11.3 Å². The van der Waals surface area contributed by atoms with Gasteiger partial charge < -0.3 is 19.9 Å². The van der Waals surface area contributed by atoms with Crippen molar-refractivity contribution >= 4 is 11.8 Å². The highest BCUT2D eigenvalue weighted by molar-refractivity contribution is 5.97. The van der Waals surface area contributed by atoms with Crippen molar-refractivity contribution < 1.29 is 14.7 Å². The van der Waals surface area contributed by atoms with Gasteiger partial charge in [0.15, 0.2) is 0 Å². The van der Waals surface area contributed by atoms with Crippen molar-refractivity contribution in [1.29, 1.82) is 0 Å². The van der Waals surface area contributed by atoms with Gasteiger partial charge in [-0.05, 0) is 18.6 Å². The molecule has 0 saturated carbocycles. The number of nitrogens with zero attached hydrogens (tertiary/aromatic N) is 2. The Kier molecular flexibility index (Phi) is 5.13. The lowest BCUT2D eigenvalue weighted by atomic mass is 9.96. The fraction of sp³-hybridized carbons (Fsp3) is 0.400. The lowest BCUT2D eigenvalue weighted by molar-refractivity contribution is -0.125.